The number of ether oxygens (including phenoxy) is 1. The molecule has 0 saturated heterocycles. The molecule has 0 bridgehead atoms. The quantitative estimate of drug-likeness (QED) is 0.199. The van der Waals surface area contributed by atoms with Gasteiger partial charge in [-0.15, -0.1) is 0 Å². The van der Waals surface area contributed by atoms with Gasteiger partial charge in [-0.25, -0.2) is 4.39 Å². The van der Waals surface area contributed by atoms with Gasteiger partial charge >= 0.3 is 0 Å². The molecule has 0 unspecified atom stereocenters. The number of aryl methyl sites for hydroxylation is 2. The molecule has 4 rings (SSSR count). The van der Waals surface area contributed by atoms with Crippen LogP contribution in [-0.2, 0) is 12.8 Å². The van der Waals surface area contributed by atoms with E-state index in [4.69, 9.17) is 4.74 Å². The van der Waals surface area contributed by atoms with Crippen molar-refractivity contribution in [2.45, 2.75) is 110 Å². The van der Waals surface area contributed by atoms with E-state index in [1.165, 1.54) is 62.5 Å². The van der Waals surface area contributed by atoms with Gasteiger partial charge in [-0.05, 0) is 124 Å². The lowest BCUT2D eigenvalue weighted by Gasteiger charge is -2.38. The topological polar surface area (TPSA) is 9.23 Å². The normalized spacial score (nSPS) is 24.1. The number of rotatable bonds is 12. The van der Waals surface area contributed by atoms with Crippen molar-refractivity contribution in [3.63, 3.8) is 0 Å². The molecule has 0 aliphatic heterocycles. The maximum absolute atomic E-state index is 14.6. The van der Waals surface area contributed by atoms with Crippen LogP contribution in [0.3, 0.4) is 0 Å². The number of hydrogen-bond acceptors (Lipinski definition) is 1. The summed E-state index contributed by atoms with van der Waals surface area (Å²) in [5.74, 6) is 1.61. The molecule has 1 nitrogen and oxygen atoms in total. The first-order valence-electron chi connectivity index (χ1n) is 15.4. The number of benzene rings is 2. The molecule has 0 spiro atoms. The molecule has 0 atom stereocenters. The second-order valence-corrected chi connectivity index (χ2v) is 11.8. The minimum atomic E-state index is -0.821. The van der Waals surface area contributed by atoms with E-state index in [2.05, 4.69) is 50.3 Å². The number of allylic oxidation sites excluding steroid dienone is 2. The van der Waals surface area contributed by atoms with Gasteiger partial charge in [0.1, 0.15) is 0 Å². The van der Waals surface area contributed by atoms with E-state index in [0.29, 0.717) is 24.5 Å². The fourth-order valence-electron chi connectivity index (χ4n) is 6.81. The van der Waals surface area contributed by atoms with Crippen LogP contribution < -0.4 is 4.74 Å². The second-order valence-electron chi connectivity index (χ2n) is 11.8. The van der Waals surface area contributed by atoms with E-state index in [9.17, 15) is 8.78 Å². The SMILES string of the molecule is C/C=C/CCc1ccc(C2CCC(C3CCC(CCc4ccc(OCCCC)c(F)c4F)CC3)CC2)cc1. The summed E-state index contributed by atoms with van der Waals surface area (Å²) in [7, 11) is 0. The average molecular weight is 523 g/mol. The minimum Gasteiger partial charge on any atom is -0.490 e. The summed E-state index contributed by atoms with van der Waals surface area (Å²) in [5, 5.41) is 0. The van der Waals surface area contributed by atoms with Crippen molar-refractivity contribution in [3.05, 3.63) is 76.9 Å². The Labute approximate surface area is 230 Å². The van der Waals surface area contributed by atoms with Crippen molar-refractivity contribution in [2.24, 2.45) is 17.8 Å². The summed E-state index contributed by atoms with van der Waals surface area (Å²) >= 11 is 0. The second kappa shape index (κ2) is 14.8. The lowest BCUT2D eigenvalue weighted by molar-refractivity contribution is 0.157. The summed E-state index contributed by atoms with van der Waals surface area (Å²) in [6.45, 7) is 4.57. The molecule has 2 aromatic rings. The van der Waals surface area contributed by atoms with Crippen LogP contribution in [0.2, 0.25) is 0 Å². The Morgan fingerprint density at radius 1 is 0.816 bits per heavy atom. The van der Waals surface area contributed by atoms with Crippen molar-refractivity contribution in [1.29, 1.82) is 0 Å². The lowest BCUT2D eigenvalue weighted by Crippen LogP contribution is -2.25. The molecular formula is C35H48F2O. The predicted molar refractivity (Wildman–Crippen MR) is 155 cm³/mol. The van der Waals surface area contributed by atoms with Crippen LogP contribution in [-0.4, -0.2) is 6.61 Å². The highest BCUT2D eigenvalue weighted by Crippen LogP contribution is 2.44. The van der Waals surface area contributed by atoms with Gasteiger partial charge in [0.25, 0.3) is 0 Å². The standard InChI is InChI=1S/C35H48F2O/c1-3-5-7-8-26-9-14-28(15-10-26)30-19-21-31(22-20-30)29-16-11-27(12-17-29)13-18-32-23-24-33(35(37)34(32)36)38-25-6-4-2/h3,5,9-10,14-15,23-24,27,29-31H,4,6-8,11-13,16-22,25H2,1-2H3/b5-3+. The molecule has 0 amide bonds. The lowest BCUT2D eigenvalue weighted by atomic mass is 9.68. The Hall–Kier alpha value is -2.16. The highest BCUT2D eigenvalue weighted by Gasteiger charge is 2.31. The molecule has 208 valence electrons. The molecular weight excluding hydrogens is 474 g/mol. The van der Waals surface area contributed by atoms with Crippen molar-refractivity contribution in [1.82, 2.24) is 0 Å². The molecule has 2 aliphatic rings. The third-order valence-corrected chi connectivity index (χ3v) is 9.32. The van der Waals surface area contributed by atoms with Gasteiger partial charge in [0, 0.05) is 0 Å². The van der Waals surface area contributed by atoms with E-state index >= 15 is 0 Å². The van der Waals surface area contributed by atoms with Crippen molar-refractivity contribution >= 4 is 0 Å². The molecule has 0 radical (unpaired) electrons. The number of unbranched alkanes of at least 4 members (excludes halogenated alkanes) is 1. The van der Waals surface area contributed by atoms with Gasteiger partial charge in [0.2, 0.25) is 5.82 Å². The van der Waals surface area contributed by atoms with Crippen LogP contribution in [0, 0.1) is 29.4 Å². The summed E-state index contributed by atoms with van der Waals surface area (Å²) in [5.41, 5.74) is 3.47. The van der Waals surface area contributed by atoms with Gasteiger partial charge in [0.05, 0.1) is 6.61 Å². The first-order valence-corrected chi connectivity index (χ1v) is 15.4. The van der Waals surface area contributed by atoms with Gasteiger partial charge in [-0.3, -0.25) is 0 Å². The van der Waals surface area contributed by atoms with Crippen molar-refractivity contribution < 1.29 is 13.5 Å². The molecule has 0 heterocycles. The molecule has 2 aromatic carbocycles. The molecule has 2 saturated carbocycles. The Bertz CT molecular complexity index is 995. The largest absolute Gasteiger partial charge is 0.490 e. The Morgan fingerprint density at radius 3 is 2.16 bits per heavy atom. The van der Waals surface area contributed by atoms with Crippen LogP contribution in [0.15, 0.2) is 48.6 Å². The number of halogens is 2. The Balaban J connectivity index is 1.17. The fourth-order valence-corrected chi connectivity index (χ4v) is 6.81. The van der Waals surface area contributed by atoms with Crippen LogP contribution >= 0.6 is 0 Å². The van der Waals surface area contributed by atoms with E-state index in [0.717, 1.165) is 49.9 Å². The molecule has 0 aromatic heterocycles. The highest BCUT2D eigenvalue weighted by molar-refractivity contribution is 5.31. The minimum absolute atomic E-state index is 0.0482. The van der Waals surface area contributed by atoms with Crippen molar-refractivity contribution in [3.8, 4) is 5.75 Å². The monoisotopic (exact) mass is 522 g/mol. The zero-order valence-electron chi connectivity index (χ0n) is 23.7. The molecule has 0 N–H and O–H groups in total. The summed E-state index contributed by atoms with van der Waals surface area (Å²) in [4.78, 5) is 0. The van der Waals surface area contributed by atoms with Gasteiger partial charge in [0.15, 0.2) is 11.6 Å². The van der Waals surface area contributed by atoms with E-state index < -0.39 is 11.6 Å². The van der Waals surface area contributed by atoms with Crippen molar-refractivity contribution in [2.75, 3.05) is 6.61 Å². The van der Waals surface area contributed by atoms with E-state index in [1.807, 2.05) is 0 Å². The molecule has 38 heavy (non-hydrogen) atoms. The molecule has 2 fully saturated rings. The smallest absolute Gasteiger partial charge is 0.200 e. The maximum atomic E-state index is 14.6. The highest BCUT2D eigenvalue weighted by atomic mass is 19.2. The van der Waals surface area contributed by atoms with Crippen LogP contribution in [0.25, 0.3) is 0 Å². The zero-order chi connectivity index (χ0) is 26.7. The zero-order valence-corrected chi connectivity index (χ0v) is 23.7. The van der Waals surface area contributed by atoms with Gasteiger partial charge < -0.3 is 4.74 Å². The van der Waals surface area contributed by atoms with Crippen LogP contribution in [0.1, 0.15) is 114 Å². The Morgan fingerprint density at radius 2 is 1.50 bits per heavy atom. The summed E-state index contributed by atoms with van der Waals surface area (Å²) in [6.07, 6.45) is 20.5. The first-order chi connectivity index (χ1) is 18.6. The fraction of sp³-hybridized carbons (Fsp3) is 0.600. The van der Waals surface area contributed by atoms with Gasteiger partial charge in [-0.2, -0.15) is 4.39 Å². The molecule has 3 heteroatoms. The number of hydrogen-bond donors (Lipinski definition) is 0. The third-order valence-electron chi connectivity index (χ3n) is 9.32. The maximum Gasteiger partial charge on any atom is 0.200 e. The van der Waals surface area contributed by atoms with Crippen LogP contribution in [0.5, 0.6) is 5.75 Å². The Kier molecular flexibility index (Phi) is 11.3. The predicted octanol–water partition coefficient (Wildman–Crippen LogP) is 10.4. The van der Waals surface area contributed by atoms with E-state index in [1.54, 1.807) is 12.1 Å². The first kappa shape index (κ1) is 28.8. The molecule has 2 aliphatic carbocycles. The summed E-state index contributed by atoms with van der Waals surface area (Å²) in [6, 6.07) is 12.8. The summed E-state index contributed by atoms with van der Waals surface area (Å²) < 4.78 is 34.4. The third kappa shape index (κ3) is 7.93. The van der Waals surface area contributed by atoms with Crippen LogP contribution in [0.4, 0.5) is 8.78 Å². The van der Waals surface area contributed by atoms with E-state index in [-0.39, 0.29) is 5.75 Å². The van der Waals surface area contributed by atoms with Gasteiger partial charge in [-0.1, -0.05) is 68.7 Å². The average Bonchev–Trinajstić information content (AvgIpc) is 2.96.